The van der Waals surface area contributed by atoms with Gasteiger partial charge >= 0.3 is 18.8 Å². The molecule has 0 bridgehead atoms. The van der Waals surface area contributed by atoms with Gasteiger partial charge in [-0.2, -0.15) is 22.0 Å². The van der Waals surface area contributed by atoms with Crippen molar-refractivity contribution in [2.24, 2.45) is 0 Å². The summed E-state index contributed by atoms with van der Waals surface area (Å²) in [5, 5.41) is 9.01. The standard InChI is InChI=1S/C20H18F5NO3/c21-19(22)29-11-17-9-14(12-1-5-15(6-2-12)20(23,24)25)10-26(17)16-7-3-13(4-8-16)18(27)28/h1-8,14,17,19H,9-11H2,(H,27,28)/t14-,17+/m1/s1. The average molecular weight is 415 g/mol. The molecule has 0 aliphatic carbocycles. The fourth-order valence-electron chi connectivity index (χ4n) is 3.56. The van der Waals surface area contributed by atoms with Gasteiger partial charge in [0.1, 0.15) is 0 Å². The van der Waals surface area contributed by atoms with Gasteiger partial charge in [-0.15, -0.1) is 0 Å². The number of hydrogen-bond acceptors (Lipinski definition) is 3. The van der Waals surface area contributed by atoms with Crippen molar-refractivity contribution in [2.75, 3.05) is 18.1 Å². The van der Waals surface area contributed by atoms with E-state index in [1.165, 1.54) is 24.3 Å². The Labute approximate surface area is 163 Å². The molecular weight excluding hydrogens is 397 g/mol. The number of carbonyl (C=O) groups is 1. The molecule has 1 heterocycles. The second-order valence-electron chi connectivity index (χ2n) is 6.80. The Balaban J connectivity index is 1.81. The molecule has 0 unspecified atom stereocenters. The number of nitrogens with zero attached hydrogens (tertiary/aromatic N) is 1. The Kier molecular flexibility index (Phi) is 6.07. The molecule has 2 aromatic carbocycles. The summed E-state index contributed by atoms with van der Waals surface area (Å²) in [6, 6.07) is 10.4. The van der Waals surface area contributed by atoms with E-state index in [1.807, 2.05) is 4.90 Å². The maximum atomic E-state index is 12.8. The van der Waals surface area contributed by atoms with Crippen molar-refractivity contribution < 1.29 is 36.6 Å². The lowest BCUT2D eigenvalue weighted by Crippen LogP contribution is -2.33. The molecule has 0 spiro atoms. The Morgan fingerprint density at radius 1 is 1.10 bits per heavy atom. The summed E-state index contributed by atoms with van der Waals surface area (Å²) in [5.74, 6) is -1.26. The zero-order chi connectivity index (χ0) is 21.2. The predicted molar refractivity (Wildman–Crippen MR) is 95.3 cm³/mol. The number of anilines is 1. The number of halogens is 5. The summed E-state index contributed by atoms with van der Waals surface area (Å²) in [7, 11) is 0. The lowest BCUT2D eigenvalue weighted by Gasteiger charge is -2.26. The van der Waals surface area contributed by atoms with Gasteiger partial charge in [-0.3, -0.25) is 0 Å². The summed E-state index contributed by atoms with van der Waals surface area (Å²) >= 11 is 0. The van der Waals surface area contributed by atoms with E-state index in [1.54, 1.807) is 12.1 Å². The van der Waals surface area contributed by atoms with Crippen LogP contribution in [0.3, 0.4) is 0 Å². The third-order valence-electron chi connectivity index (χ3n) is 4.98. The fourth-order valence-corrected chi connectivity index (χ4v) is 3.56. The smallest absolute Gasteiger partial charge is 0.416 e. The molecule has 1 N–H and O–H groups in total. The lowest BCUT2D eigenvalue weighted by atomic mass is 9.95. The number of alkyl halides is 5. The Hall–Kier alpha value is -2.68. The second kappa shape index (κ2) is 8.36. The first-order chi connectivity index (χ1) is 13.6. The van der Waals surface area contributed by atoms with E-state index < -0.39 is 30.4 Å². The Morgan fingerprint density at radius 2 is 1.72 bits per heavy atom. The first-order valence-electron chi connectivity index (χ1n) is 8.82. The van der Waals surface area contributed by atoms with Crippen molar-refractivity contribution in [3.63, 3.8) is 0 Å². The number of aromatic carboxylic acids is 1. The van der Waals surface area contributed by atoms with Gasteiger partial charge in [-0.25, -0.2) is 4.79 Å². The summed E-state index contributed by atoms with van der Waals surface area (Å²) in [4.78, 5) is 12.8. The van der Waals surface area contributed by atoms with Gasteiger partial charge < -0.3 is 14.7 Å². The monoisotopic (exact) mass is 415 g/mol. The minimum absolute atomic E-state index is 0.0904. The van der Waals surface area contributed by atoms with Crippen LogP contribution < -0.4 is 4.90 Å². The molecule has 3 rings (SSSR count). The SMILES string of the molecule is O=C(O)c1ccc(N2C[C@H](c3ccc(C(F)(F)F)cc3)C[C@H]2COC(F)F)cc1. The highest BCUT2D eigenvalue weighted by Gasteiger charge is 2.35. The van der Waals surface area contributed by atoms with Gasteiger partial charge in [0.05, 0.1) is 23.8 Å². The van der Waals surface area contributed by atoms with Gasteiger partial charge in [0, 0.05) is 18.2 Å². The minimum atomic E-state index is -4.43. The zero-order valence-electron chi connectivity index (χ0n) is 15.1. The molecule has 156 valence electrons. The van der Waals surface area contributed by atoms with Gasteiger partial charge in [0.15, 0.2) is 0 Å². The third kappa shape index (κ3) is 5.03. The second-order valence-corrected chi connectivity index (χ2v) is 6.80. The predicted octanol–water partition coefficient (Wildman–Crippen LogP) is 5.01. The minimum Gasteiger partial charge on any atom is -0.478 e. The maximum Gasteiger partial charge on any atom is 0.416 e. The molecule has 1 fully saturated rings. The maximum absolute atomic E-state index is 12.8. The molecule has 1 saturated heterocycles. The molecule has 1 aliphatic rings. The number of rotatable bonds is 6. The van der Waals surface area contributed by atoms with Crippen molar-refractivity contribution in [1.29, 1.82) is 0 Å². The summed E-state index contributed by atoms with van der Waals surface area (Å²) in [5.41, 5.74) is 0.641. The quantitative estimate of drug-likeness (QED) is 0.675. The highest BCUT2D eigenvalue weighted by molar-refractivity contribution is 5.88. The molecule has 0 saturated carbocycles. The van der Waals surface area contributed by atoms with Crippen LogP contribution in [0.25, 0.3) is 0 Å². The largest absolute Gasteiger partial charge is 0.478 e. The molecule has 2 aromatic rings. The molecule has 0 radical (unpaired) electrons. The summed E-state index contributed by atoms with van der Waals surface area (Å²) in [6.07, 6.45) is -4.02. The lowest BCUT2D eigenvalue weighted by molar-refractivity contribution is -0.137. The average Bonchev–Trinajstić information content (AvgIpc) is 3.10. The molecule has 0 amide bonds. The molecule has 29 heavy (non-hydrogen) atoms. The highest BCUT2D eigenvalue weighted by Crippen LogP contribution is 2.37. The van der Waals surface area contributed by atoms with Crippen LogP contribution in [-0.4, -0.2) is 36.9 Å². The number of hydrogen-bond donors (Lipinski definition) is 1. The molecule has 2 atom stereocenters. The fraction of sp³-hybridized carbons (Fsp3) is 0.350. The van der Waals surface area contributed by atoms with Crippen molar-refractivity contribution in [3.05, 3.63) is 65.2 Å². The van der Waals surface area contributed by atoms with E-state index >= 15 is 0 Å². The van der Waals surface area contributed by atoms with Crippen LogP contribution in [0.1, 0.15) is 33.8 Å². The number of ether oxygens (including phenoxy) is 1. The van der Waals surface area contributed by atoms with Crippen LogP contribution in [0, 0.1) is 0 Å². The highest BCUT2D eigenvalue weighted by atomic mass is 19.4. The van der Waals surface area contributed by atoms with E-state index in [9.17, 15) is 26.7 Å². The van der Waals surface area contributed by atoms with Crippen molar-refractivity contribution in [2.45, 2.75) is 31.2 Å². The van der Waals surface area contributed by atoms with Crippen LogP contribution in [0.15, 0.2) is 48.5 Å². The van der Waals surface area contributed by atoms with Crippen LogP contribution in [0.2, 0.25) is 0 Å². The van der Waals surface area contributed by atoms with E-state index in [-0.39, 0.29) is 18.1 Å². The Bertz CT molecular complexity index is 837. The van der Waals surface area contributed by atoms with Gasteiger partial charge in [0.25, 0.3) is 0 Å². The van der Waals surface area contributed by atoms with Crippen LogP contribution in [-0.2, 0) is 10.9 Å². The topological polar surface area (TPSA) is 49.8 Å². The van der Waals surface area contributed by atoms with Crippen LogP contribution in [0.4, 0.5) is 27.6 Å². The van der Waals surface area contributed by atoms with Crippen molar-refractivity contribution >= 4 is 11.7 Å². The first kappa shape index (κ1) is 21.0. The molecular formula is C20H18F5NO3. The number of carboxylic acids is 1. The van der Waals surface area contributed by atoms with Gasteiger partial charge in [-0.1, -0.05) is 12.1 Å². The van der Waals surface area contributed by atoms with Crippen molar-refractivity contribution in [1.82, 2.24) is 0 Å². The van der Waals surface area contributed by atoms with E-state index in [0.717, 1.165) is 12.1 Å². The first-order valence-corrected chi connectivity index (χ1v) is 8.82. The molecule has 0 aromatic heterocycles. The van der Waals surface area contributed by atoms with E-state index in [2.05, 4.69) is 4.74 Å². The third-order valence-corrected chi connectivity index (χ3v) is 4.98. The number of carboxylic acid groups (broad SMARTS) is 1. The van der Waals surface area contributed by atoms with Crippen molar-refractivity contribution in [3.8, 4) is 0 Å². The van der Waals surface area contributed by atoms with E-state index in [0.29, 0.717) is 24.2 Å². The van der Waals surface area contributed by atoms with Crippen LogP contribution in [0.5, 0.6) is 0 Å². The molecule has 9 heteroatoms. The number of benzene rings is 2. The summed E-state index contributed by atoms with van der Waals surface area (Å²) in [6.45, 7) is -2.80. The zero-order valence-corrected chi connectivity index (χ0v) is 15.1. The van der Waals surface area contributed by atoms with Gasteiger partial charge in [-0.05, 0) is 48.4 Å². The molecule has 1 aliphatic heterocycles. The molecule has 4 nitrogen and oxygen atoms in total. The Morgan fingerprint density at radius 3 is 2.24 bits per heavy atom. The van der Waals surface area contributed by atoms with Gasteiger partial charge in [0.2, 0.25) is 0 Å². The van der Waals surface area contributed by atoms with E-state index in [4.69, 9.17) is 5.11 Å². The normalized spacial score (nSPS) is 19.7. The van der Waals surface area contributed by atoms with Crippen LogP contribution >= 0.6 is 0 Å². The summed E-state index contributed by atoms with van der Waals surface area (Å²) < 4.78 is 67.8.